The third-order valence-electron chi connectivity index (χ3n) is 3.02. The van der Waals surface area contributed by atoms with Gasteiger partial charge in [0.1, 0.15) is 0 Å². The Morgan fingerprint density at radius 2 is 2.00 bits per heavy atom. The quantitative estimate of drug-likeness (QED) is 0.647. The van der Waals surface area contributed by atoms with E-state index >= 15 is 0 Å². The summed E-state index contributed by atoms with van der Waals surface area (Å²) in [5.74, 6) is 0. The second-order valence-corrected chi connectivity index (χ2v) is 4.40. The summed E-state index contributed by atoms with van der Waals surface area (Å²) >= 11 is 0. The maximum absolute atomic E-state index is 5.97. The van der Waals surface area contributed by atoms with E-state index in [4.69, 9.17) is 5.73 Å². The van der Waals surface area contributed by atoms with Gasteiger partial charge < -0.3 is 5.73 Å². The summed E-state index contributed by atoms with van der Waals surface area (Å²) in [6.45, 7) is 0. The van der Waals surface area contributed by atoms with Crippen LogP contribution < -0.4 is 5.73 Å². The molecule has 2 N–H and O–H groups in total. The van der Waals surface area contributed by atoms with Crippen LogP contribution in [0.4, 0.5) is 0 Å². The van der Waals surface area contributed by atoms with Crippen molar-refractivity contribution in [3.63, 3.8) is 0 Å². The molecule has 0 fully saturated rings. The molecule has 0 bridgehead atoms. The predicted octanol–water partition coefficient (Wildman–Crippen LogP) is 3.25. The number of rotatable bonds is 1. The molecule has 0 aliphatic heterocycles. The second kappa shape index (κ2) is 5.16. The van der Waals surface area contributed by atoms with Crippen LogP contribution in [-0.2, 0) is 0 Å². The van der Waals surface area contributed by atoms with Gasteiger partial charge in [0, 0.05) is 11.6 Å². The van der Waals surface area contributed by atoms with Gasteiger partial charge in [-0.1, -0.05) is 37.5 Å². The van der Waals surface area contributed by atoms with E-state index in [1.807, 2.05) is 0 Å². The highest BCUT2D eigenvalue weighted by Crippen LogP contribution is 2.24. The molecule has 1 unspecified atom stereocenters. The molecule has 1 atom stereocenters. The van der Waals surface area contributed by atoms with E-state index in [0.29, 0.717) is 0 Å². The Kier molecular flexibility index (Phi) is 3.60. The van der Waals surface area contributed by atoms with Gasteiger partial charge >= 0.3 is 0 Å². The lowest BCUT2D eigenvalue weighted by molar-refractivity contribution is 0.589. The lowest BCUT2D eigenvalue weighted by Crippen LogP contribution is -2.16. The first-order valence-corrected chi connectivity index (χ1v) is 5.96. The Morgan fingerprint density at radius 1 is 1.20 bits per heavy atom. The number of nitrogens with two attached hydrogens (primary N) is 1. The van der Waals surface area contributed by atoms with Crippen molar-refractivity contribution < 1.29 is 0 Å². The maximum atomic E-state index is 5.97. The molecule has 0 radical (unpaired) electrons. The molecule has 1 heteroatoms. The molecule has 0 saturated heterocycles. The normalized spacial score (nSPS) is 32.2. The van der Waals surface area contributed by atoms with Gasteiger partial charge in [-0.15, -0.1) is 5.73 Å². The molecule has 0 aromatic rings. The van der Waals surface area contributed by atoms with Crippen LogP contribution in [0.15, 0.2) is 41.2 Å². The largest absolute Gasteiger partial charge is 0.324 e. The van der Waals surface area contributed by atoms with E-state index in [-0.39, 0.29) is 6.04 Å². The monoisotopic (exact) mass is 201 g/mol. The van der Waals surface area contributed by atoms with Crippen LogP contribution in [0, 0.1) is 0 Å². The SMILES string of the molecule is NC1/C=C\C=C(\C2=C=C2)CCCCCC1. The van der Waals surface area contributed by atoms with E-state index in [1.54, 1.807) is 0 Å². The predicted molar refractivity (Wildman–Crippen MR) is 64.5 cm³/mol. The zero-order valence-electron chi connectivity index (χ0n) is 9.21. The van der Waals surface area contributed by atoms with Crippen molar-refractivity contribution in [2.45, 2.75) is 44.6 Å². The summed E-state index contributed by atoms with van der Waals surface area (Å²) in [5.41, 5.74) is 11.9. The molecule has 1 nitrogen and oxygen atoms in total. The van der Waals surface area contributed by atoms with Crippen molar-refractivity contribution in [1.29, 1.82) is 0 Å². The Balaban J connectivity index is 1.99. The first kappa shape index (κ1) is 10.5. The Labute approximate surface area is 92.1 Å². The third-order valence-corrected chi connectivity index (χ3v) is 3.02. The molecule has 15 heavy (non-hydrogen) atoms. The molecule has 2 aliphatic rings. The van der Waals surface area contributed by atoms with Gasteiger partial charge in [0.2, 0.25) is 0 Å². The highest BCUT2D eigenvalue weighted by atomic mass is 14.6. The van der Waals surface area contributed by atoms with Crippen LogP contribution in [0.5, 0.6) is 0 Å². The molecule has 0 saturated carbocycles. The smallest absolute Gasteiger partial charge is 0.0274 e. The highest BCUT2D eigenvalue weighted by Gasteiger charge is 2.08. The fourth-order valence-corrected chi connectivity index (χ4v) is 1.99. The number of allylic oxidation sites excluding steroid dienone is 4. The Hall–Kier alpha value is -1.04. The second-order valence-electron chi connectivity index (χ2n) is 4.40. The van der Waals surface area contributed by atoms with Gasteiger partial charge in [-0.05, 0) is 30.9 Å². The molecule has 2 rings (SSSR count). The van der Waals surface area contributed by atoms with Crippen molar-refractivity contribution >= 4 is 0 Å². The fourth-order valence-electron chi connectivity index (χ4n) is 1.99. The van der Waals surface area contributed by atoms with E-state index < -0.39 is 0 Å². The molecule has 0 spiro atoms. The van der Waals surface area contributed by atoms with E-state index in [1.165, 1.54) is 43.3 Å². The molecule has 0 aromatic heterocycles. The summed E-state index contributed by atoms with van der Waals surface area (Å²) in [6.07, 6.45) is 16.0. The van der Waals surface area contributed by atoms with Gasteiger partial charge in [0.15, 0.2) is 0 Å². The van der Waals surface area contributed by atoms with Gasteiger partial charge in [0.25, 0.3) is 0 Å². The van der Waals surface area contributed by atoms with Gasteiger partial charge in [-0.3, -0.25) is 0 Å². The summed E-state index contributed by atoms with van der Waals surface area (Å²) < 4.78 is 0. The minimum absolute atomic E-state index is 0.238. The molecular weight excluding hydrogens is 182 g/mol. The van der Waals surface area contributed by atoms with Crippen molar-refractivity contribution in [3.05, 3.63) is 41.2 Å². The van der Waals surface area contributed by atoms with Crippen LogP contribution in [0.1, 0.15) is 38.5 Å². The summed E-state index contributed by atoms with van der Waals surface area (Å²) in [5, 5.41) is 0. The molecule has 0 heterocycles. The maximum Gasteiger partial charge on any atom is 0.0274 e. The summed E-state index contributed by atoms with van der Waals surface area (Å²) in [4.78, 5) is 0. The van der Waals surface area contributed by atoms with E-state index in [0.717, 1.165) is 6.42 Å². The van der Waals surface area contributed by atoms with Gasteiger partial charge in [-0.25, -0.2) is 0 Å². The molecular formula is C14H19N. The minimum Gasteiger partial charge on any atom is -0.324 e. The van der Waals surface area contributed by atoms with Crippen LogP contribution in [-0.4, -0.2) is 6.04 Å². The van der Waals surface area contributed by atoms with Crippen LogP contribution >= 0.6 is 0 Å². The zero-order valence-corrected chi connectivity index (χ0v) is 9.21. The van der Waals surface area contributed by atoms with Crippen molar-refractivity contribution in [1.82, 2.24) is 0 Å². The fraction of sp³-hybridized carbons (Fsp3) is 0.500. The summed E-state index contributed by atoms with van der Waals surface area (Å²) in [7, 11) is 0. The van der Waals surface area contributed by atoms with Crippen molar-refractivity contribution in [2.75, 3.05) is 0 Å². The zero-order chi connectivity index (χ0) is 10.5. The standard InChI is InChI=1S/C14H19N/c15-14-8-4-2-1-3-6-12(7-5-9-14)13-10-11-13/h5,7,9-10,14H,1-4,6,8,15H2/b9-5-,12-7+. The van der Waals surface area contributed by atoms with E-state index in [2.05, 4.69) is 30.0 Å². The molecule has 2 aliphatic carbocycles. The first-order chi connectivity index (χ1) is 7.36. The number of hydrogen-bond acceptors (Lipinski definition) is 1. The van der Waals surface area contributed by atoms with Crippen LogP contribution in [0.25, 0.3) is 0 Å². The first-order valence-electron chi connectivity index (χ1n) is 5.96. The lowest BCUT2D eigenvalue weighted by atomic mass is 10.0. The van der Waals surface area contributed by atoms with Gasteiger partial charge in [0.05, 0.1) is 0 Å². The minimum atomic E-state index is 0.238. The Bertz CT molecular complexity index is 340. The van der Waals surface area contributed by atoms with Crippen molar-refractivity contribution in [2.24, 2.45) is 5.73 Å². The van der Waals surface area contributed by atoms with Crippen LogP contribution in [0.3, 0.4) is 0 Å². The molecule has 0 aromatic carbocycles. The van der Waals surface area contributed by atoms with E-state index in [9.17, 15) is 0 Å². The summed E-state index contributed by atoms with van der Waals surface area (Å²) in [6, 6.07) is 0.238. The van der Waals surface area contributed by atoms with Crippen molar-refractivity contribution in [3.8, 4) is 0 Å². The third kappa shape index (κ3) is 3.54. The highest BCUT2D eigenvalue weighted by molar-refractivity contribution is 5.49. The Morgan fingerprint density at radius 3 is 2.80 bits per heavy atom. The van der Waals surface area contributed by atoms with Crippen LogP contribution in [0.2, 0.25) is 0 Å². The lowest BCUT2D eigenvalue weighted by Gasteiger charge is -2.04. The average Bonchev–Trinajstić information content (AvgIpc) is 3.02. The van der Waals surface area contributed by atoms with Gasteiger partial charge in [-0.2, -0.15) is 0 Å². The molecule has 0 amide bonds. The topological polar surface area (TPSA) is 26.0 Å². The molecule has 80 valence electrons. The number of hydrogen-bond donors (Lipinski definition) is 1. The average molecular weight is 201 g/mol.